The van der Waals surface area contributed by atoms with Crippen LogP contribution in [0.4, 0.5) is 5.82 Å². The molecule has 0 unspecified atom stereocenters. The van der Waals surface area contributed by atoms with Gasteiger partial charge in [0.1, 0.15) is 23.0 Å². The molecule has 0 bridgehead atoms. The van der Waals surface area contributed by atoms with E-state index in [1.807, 2.05) is 10.7 Å². The first-order valence-electron chi connectivity index (χ1n) is 7.84. The Morgan fingerprint density at radius 2 is 2.17 bits per heavy atom. The Labute approximate surface area is 133 Å². The predicted octanol–water partition coefficient (Wildman–Crippen LogP) is 2.62. The summed E-state index contributed by atoms with van der Waals surface area (Å²) >= 11 is 0. The molecule has 1 fully saturated rings. The summed E-state index contributed by atoms with van der Waals surface area (Å²) in [5.41, 5.74) is 8.90. The van der Waals surface area contributed by atoms with E-state index in [1.165, 1.54) is 0 Å². The standard InChI is InChI=1S/C16H19N5O2/c1-8(2)21-11-5-6-18-16(17)12(11)14(19-21)13-10(7-22)15(23-20-13)9-3-4-9/h5-6,8-9,22H,3-4,7H2,1-2H3,(H2,17,18). The van der Waals surface area contributed by atoms with Crippen molar-refractivity contribution in [3.63, 3.8) is 0 Å². The summed E-state index contributed by atoms with van der Waals surface area (Å²) in [6, 6.07) is 2.06. The number of aliphatic hydroxyl groups is 1. The zero-order valence-electron chi connectivity index (χ0n) is 13.2. The van der Waals surface area contributed by atoms with Crippen molar-refractivity contribution in [3.8, 4) is 11.4 Å². The monoisotopic (exact) mass is 313 g/mol. The fourth-order valence-corrected chi connectivity index (χ4v) is 3.00. The molecule has 7 heteroatoms. The lowest BCUT2D eigenvalue weighted by atomic mass is 10.1. The normalized spacial score (nSPS) is 15.0. The number of hydrogen-bond donors (Lipinski definition) is 2. The van der Waals surface area contributed by atoms with Crippen molar-refractivity contribution in [3.05, 3.63) is 23.6 Å². The number of hydrogen-bond acceptors (Lipinski definition) is 6. The van der Waals surface area contributed by atoms with E-state index in [4.69, 9.17) is 10.3 Å². The largest absolute Gasteiger partial charge is 0.391 e. The van der Waals surface area contributed by atoms with Crippen molar-refractivity contribution in [2.75, 3.05) is 5.73 Å². The Kier molecular flexibility index (Phi) is 3.12. The van der Waals surface area contributed by atoms with Gasteiger partial charge in [-0.05, 0) is 32.8 Å². The van der Waals surface area contributed by atoms with E-state index in [-0.39, 0.29) is 12.6 Å². The minimum Gasteiger partial charge on any atom is -0.391 e. The summed E-state index contributed by atoms with van der Waals surface area (Å²) in [6.45, 7) is 3.98. The molecular formula is C16H19N5O2. The van der Waals surface area contributed by atoms with Gasteiger partial charge in [-0.2, -0.15) is 5.10 Å². The van der Waals surface area contributed by atoms with E-state index in [2.05, 4.69) is 29.1 Å². The number of pyridine rings is 1. The summed E-state index contributed by atoms with van der Waals surface area (Å²) in [7, 11) is 0. The Balaban J connectivity index is 1.99. The van der Waals surface area contributed by atoms with Crippen LogP contribution in [0.15, 0.2) is 16.8 Å². The third kappa shape index (κ3) is 2.11. The number of nitrogen functional groups attached to an aromatic ring is 1. The van der Waals surface area contributed by atoms with Crippen LogP contribution in [-0.4, -0.2) is 25.0 Å². The Hall–Kier alpha value is -2.41. The number of fused-ring (bicyclic) bond motifs is 1. The van der Waals surface area contributed by atoms with Crippen LogP contribution in [0.25, 0.3) is 22.3 Å². The van der Waals surface area contributed by atoms with Crippen molar-refractivity contribution >= 4 is 16.7 Å². The smallest absolute Gasteiger partial charge is 0.146 e. The van der Waals surface area contributed by atoms with E-state index in [1.54, 1.807) is 6.20 Å². The highest BCUT2D eigenvalue weighted by Gasteiger charge is 2.33. The van der Waals surface area contributed by atoms with Crippen molar-refractivity contribution in [2.45, 2.75) is 45.3 Å². The molecule has 0 aliphatic heterocycles. The number of aliphatic hydroxyl groups excluding tert-OH is 1. The van der Waals surface area contributed by atoms with Gasteiger partial charge in [0, 0.05) is 18.2 Å². The number of nitrogens with two attached hydrogens (primary N) is 1. The molecule has 1 aliphatic carbocycles. The van der Waals surface area contributed by atoms with E-state index < -0.39 is 0 Å². The SMILES string of the molecule is CC(C)n1nc(-c2noc(C3CC3)c2CO)c2c(N)nccc21. The zero-order chi connectivity index (χ0) is 16.1. The summed E-state index contributed by atoms with van der Waals surface area (Å²) in [4.78, 5) is 4.18. The van der Waals surface area contributed by atoms with Crippen LogP contribution in [0, 0.1) is 0 Å². The highest BCUT2D eigenvalue weighted by Crippen LogP contribution is 2.44. The van der Waals surface area contributed by atoms with Gasteiger partial charge in [0.05, 0.1) is 23.1 Å². The number of rotatable bonds is 4. The maximum atomic E-state index is 9.80. The minimum absolute atomic E-state index is 0.124. The quantitative estimate of drug-likeness (QED) is 0.767. The lowest BCUT2D eigenvalue weighted by Gasteiger charge is -2.06. The van der Waals surface area contributed by atoms with E-state index in [0.717, 1.165) is 29.5 Å². The van der Waals surface area contributed by atoms with Crippen molar-refractivity contribution in [2.24, 2.45) is 0 Å². The summed E-state index contributed by atoms with van der Waals surface area (Å²) < 4.78 is 7.40. The molecule has 0 spiro atoms. The summed E-state index contributed by atoms with van der Waals surface area (Å²) in [6.07, 6.45) is 3.83. The zero-order valence-corrected chi connectivity index (χ0v) is 13.2. The molecule has 3 aromatic heterocycles. The third-order valence-corrected chi connectivity index (χ3v) is 4.29. The van der Waals surface area contributed by atoms with Gasteiger partial charge in [-0.15, -0.1) is 0 Å². The molecule has 3 heterocycles. The first kappa shape index (κ1) is 14.2. The molecule has 1 saturated carbocycles. The van der Waals surface area contributed by atoms with Crippen molar-refractivity contribution in [1.29, 1.82) is 0 Å². The summed E-state index contributed by atoms with van der Waals surface area (Å²) in [5, 5.41) is 19.4. The Morgan fingerprint density at radius 1 is 1.39 bits per heavy atom. The maximum absolute atomic E-state index is 9.80. The molecule has 3 aromatic rings. The molecule has 0 amide bonds. The fraction of sp³-hybridized carbons (Fsp3) is 0.438. The number of anilines is 1. The van der Waals surface area contributed by atoms with Gasteiger partial charge in [-0.3, -0.25) is 4.68 Å². The molecule has 0 aromatic carbocycles. The molecule has 7 nitrogen and oxygen atoms in total. The lowest BCUT2D eigenvalue weighted by molar-refractivity contribution is 0.277. The number of nitrogens with zero attached hydrogens (tertiary/aromatic N) is 4. The Bertz CT molecular complexity index is 876. The second kappa shape index (κ2) is 5.06. The highest BCUT2D eigenvalue weighted by molar-refractivity contribution is 6.00. The Morgan fingerprint density at radius 3 is 2.83 bits per heavy atom. The molecule has 0 saturated heterocycles. The van der Waals surface area contributed by atoms with E-state index >= 15 is 0 Å². The van der Waals surface area contributed by atoms with E-state index in [9.17, 15) is 5.11 Å². The minimum atomic E-state index is -0.124. The fourth-order valence-electron chi connectivity index (χ4n) is 3.00. The van der Waals surface area contributed by atoms with Crippen LogP contribution in [0.1, 0.15) is 50.0 Å². The second-order valence-electron chi connectivity index (χ2n) is 6.28. The van der Waals surface area contributed by atoms with Crippen LogP contribution in [0.3, 0.4) is 0 Å². The van der Waals surface area contributed by atoms with Crippen LogP contribution < -0.4 is 5.73 Å². The molecule has 120 valence electrons. The average Bonchev–Trinajstić information content (AvgIpc) is 3.15. The van der Waals surface area contributed by atoms with Gasteiger partial charge in [0.15, 0.2) is 0 Å². The highest BCUT2D eigenvalue weighted by atomic mass is 16.5. The van der Waals surface area contributed by atoms with Crippen molar-refractivity contribution < 1.29 is 9.63 Å². The average molecular weight is 313 g/mol. The third-order valence-electron chi connectivity index (χ3n) is 4.29. The lowest BCUT2D eigenvalue weighted by Crippen LogP contribution is -2.02. The van der Waals surface area contributed by atoms with Gasteiger partial charge in [-0.1, -0.05) is 5.16 Å². The molecule has 4 rings (SSSR count). The molecule has 23 heavy (non-hydrogen) atoms. The molecule has 1 aliphatic rings. The molecule has 0 radical (unpaired) electrons. The molecule has 3 N–H and O–H groups in total. The molecular weight excluding hydrogens is 294 g/mol. The van der Waals surface area contributed by atoms with Crippen LogP contribution in [0.2, 0.25) is 0 Å². The van der Waals surface area contributed by atoms with Crippen molar-refractivity contribution in [1.82, 2.24) is 19.9 Å². The predicted molar refractivity (Wildman–Crippen MR) is 85.7 cm³/mol. The topological polar surface area (TPSA) is 103 Å². The second-order valence-corrected chi connectivity index (χ2v) is 6.28. The first-order valence-corrected chi connectivity index (χ1v) is 7.84. The maximum Gasteiger partial charge on any atom is 0.146 e. The first-order chi connectivity index (χ1) is 11.1. The van der Waals surface area contributed by atoms with Gasteiger partial charge in [0.2, 0.25) is 0 Å². The van der Waals surface area contributed by atoms with Crippen LogP contribution in [-0.2, 0) is 6.61 Å². The van der Waals surface area contributed by atoms with Gasteiger partial charge in [-0.25, -0.2) is 4.98 Å². The van der Waals surface area contributed by atoms with E-state index in [0.29, 0.717) is 28.7 Å². The van der Waals surface area contributed by atoms with Gasteiger partial charge in [0.25, 0.3) is 0 Å². The number of aromatic nitrogens is 4. The van der Waals surface area contributed by atoms with Crippen LogP contribution in [0.5, 0.6) is 0 Å². The molecule has 0 atom stereocenters. The van der Waals surface area contributed by atoms with Gasteiger partial charge >= 0.3 is 0 Å². The van der Waals surface area contributed by atoms with Crippen LogP contribution >= 0.6 is 0 Å². The van der Waals surface area contributed by atoms with Gasteiger partial charge < -0.3 is 15.4 Å². The summed E-state index contributed by atoms with van der Waals surface area (Å²) in [5.74, 6) is 1.55.